The van der Waals surface area contributed by atoms with E-state index < -0.39 is 5.41 Å². The fourth-order valence-corrected chi connectivity index (χ4v) is 5.02. The molecule has 0 aromatic carbocycles. The Labute approximate surface area is 171 Å². The number of likely N-dealkylation sites (tertiary alicyclic amines) is 2. The normalized spacial score (nSPS) is 28.6. The standard InChI is InChI=1S/C21H30N4O4/c1-24-11-8-21(20(28)23-15-5-12-29-13-6-15)7-3-10-25(17(21)14-24)19(27)18-16(26)4-2-9-22-18/h2,4,9,15,17,26H,3,5-8,10-14H2,1H3,(H,23,28)/t17-,21+/m0/s1. The first-order valence-corrected chi connectivity index (χ1v) is 10.5. The van der Waals surface area contributed by atoms with Crippen LogP contribution in [0.4, 0.5) is 0 Å². The van der Waals surface area contributed by atoms with Gasteiger partial charge in [0.25, 0.3) is 5.91 Å². The fraction of sp³-hybridized carbons (Fsp3) is 0.667. The molecule has 3 saturated heterocycles. The van der Waals surface area contributed by atoms with E-state index in [1.54, 1.807) is 11.0 Å². The van der Waals surface area contributed by atoms with Crippen LogP contribution in [0.3, 0.4) is 0 Å². The summed E-state index contributed by atoms with van der Waals surface area (Å²) in [5.41, 5.74) is -0.537. The quantitative estimate of drug-likeness (QED) is 0.784. The van der Waals surface area contributed by atoms with Crippen LogP contribution in [-0.2, 0) is 9.53 Å². The number of ether oxygens (including phenoxy) is 1. The predicted molar refractivity (Wildman–Crippen MR) is 106 cm³/mol. The molecule has 2 amide bonds. The zero-order valence-corrected chi connectivity index (χ0v) is 17.0. The lowest BCUT2D eigenvalue weighted by molar-refractivity contribution is -0.143. The van der Waals surface area contributed by atoms with Crippen molar-refractivity contribution in [3.63, 3.8) is 0 Å². The first-order chi connectivity index (χ1) is 14.0. The molecule has 2 N–H and O–H groups in total. The SMILES string of the molecule is CN1CC[C@]2(C(=O)NC3CCOCC3)CCCN(C(=O)c3ncccc3O)[C@H]2C1. The number of carbonyl (C=O) groups is 2. The molecule has 29 heavy (non-hydrogen) atoms. The van der Waals surface area contributed by atoms with Crippen molar-refractivity contribution in [1.82, 2.24) is 20.1 Å². The summed E-state index contributed by atoms with van der Waals surface area (Å²) in [6, 6.07) is 2.98. The van der Waals surface area contributed by atoms with Gasteiger partial charge < -0.3 is 25.0 Å². The molecule has 0 spiro atoms. The van der Waals surface area contributed by atoms with Crippen molar-refractivity contribution in [2.75, 3.05) is 39.9 Å². The number of carbonyl (C=O) groups excluding carboxylic acids is 2. The third-order valence-corrected chi connectivity index (χ3v) is 6.72. The Morgan fingerprint density at radius 3 is 2.83 bits per heavy atom. The van der Waals surface area contributed by atoms with E-state index >= 15 is 0 Å². The van der Waals surface area contributed by atoms with Crippen LogP contribution >= 0.6 is 0 Å². The Morgan fingerprint density at radius 2 is 2.07 bits per heavy atom. The molecule has 3 aliphatic heterocycles. The van der Waals surface area contributed by atoms with E-state index in [0.29, 0.717) is 26.3 Å². The van der Waals surface area contributed by atoms with E-state index in [9.17, 15) is 14.7 Å². The smallest absolute Gasteiger partial charge is 0.276 e. The van der Waals surface area contributed by atoms with Crippen molar-refractivity contribution in [3.05, 3.63) is 24.0 Å². The molecule has 8 nitrogen and oxygen atoms in total. The van der Waals surface area contributed by atoms with Crippen LogP contribution in [0.25, 0.3) is 0 Å². The van der Waals surface area contributed by atoms with Crippen molar-refractivity contribution in [1.29, 1.82) is 0 Å². The zero-order valence-electron chi connectivity index (χ0n) is 17.0. The number of nitrogens with zero attached hydrogens (tertiary/aromatic N) is 3. The summed E-state index contributed by atoms with van der Waals surface area (Å²) in [4.78, 5) is 34.8. The van der Waals surface area contributed by atoms with Crippen LogP contribution in [0, 0.1) is 5.41 Å². The average molecular weight is 402 g/mol. The summed E-state index contributed by atoms with van der Waals surface area (Å²) in [6.07, 6.45) is 5.43. The van der Waals surface area contributed by atoms with Gasteiger partial charge in [0.15, 0.2) is 5.69 Å². The van der Waals surface area contributed by atoms with Gasteiger partial charge in [-0.3, -0.25) is 9.59 Å². The molecule has 2 atom stereocenters. The van der Waals surface area contributed by atoms with E-state index in [0.717, 1.165) is 38.6 Å². The minimum absolute atomic E-state index is 0.0568. The molecule has 1 aromatic rings. The fourth-order valence-electron chi connectivity index (χ4n) is 5.02. The van der Waals surface area contributed by atoms with E-state index in [-0.39, 0.29) is 35.3 Å². The molecule has 3 fully saturated rings. The average Bonchev–Trinajstić information content (AvgIpc) is 2.74. The third kappa shape index (κ3) is 3.83. The van der Waals surface area contributed by atoms with Gasteiger partial charge in [-0.05, 0) is 57.8 Å². The highest BCUT2D eigenvalue weighted by atomic mass is 16.5. The predicted octanol–water partition coefficient (Wildman–Crippen LogP) is 1.01. The maximum Gasteiger partial charge on any atom is 0.276 e. The van der Waals surface area contributed by atoms with Gasteiger partial charge in [-0.25, -0.2) is 4.98 Å². The molecule has 4 heterocycles. The number of pyridine rings is 1. The van der Waals surface area contributed by atoms with E-state index in [1.807, 2.05) is 7.05 Å². The van der Waals surface area contributed by atoms with Gasteiger partial charge in [0.1, 0.15) is 5.75 Å². The van der Waals surface area contributed by atoms with Gasteiger partial charge in [-0.15, -0.1) is 0 Å². The Bertz CT molecular complexity index is 767. The highest BCUT2D eigenvalue weighted by molar-refractivity contribution is 5.96. The minimum atomic E-state index is -0.594. The summed E-state index contributed by atoms with van der Waals surface area (Å²) < 4.78 is 5.41. The number of likely N-dealkylation sites (N-methyl/N-ethyl adjacent to an activating group) is 1. The highest BCUT2D eigenvalue weighted by Gasteiger charge is 2.54. The second kappa shape index (κ2) is 8.28. The number of rotatable bonds is 3. The number of hydrogen-bond acceptors (Lipinski definition) is 6. The van der Waals surface area contributed by atoms with Crippen LogP contribution in [-0.4, -0.2) is 83.7 Å². The molecule has 3 aliphatic rings. The summed E-state index contributed by atoms with van der Waals surface area (Å²) in [5.74, 6) is -0.360. The van der Waals surface area contributed by atoms with Crippen molar-refractivity contribution in [2.24, 2.45) is 5.41 Å². The topological polar surface area (TPSA) is 95.0 Å². The maximum atomic E-state index is 13.5. The van der Waals surface area contributed by atoms with Crippen molar-refractivity contribution < 1.29 is 19.4 Å². The van der Waals surface area contributed by atoms with Crippen LogP contribution < -0.4 is 5.32 Å². The van der Waals surface area contributed by atoms with Crippen molar-refractivity contribution >= 4 is 11.8 Å². The van der Waals surface area contributed by atoms with Crippen LogP contribution in [0.1, 0.15) is 42.6 Å². The second-order valence-electron chi connectivity index (χ2n) is 8.52. The van der Waals surface area contributed by atoms with Gasteiger partial charge >= 0.3 is 0 Å². The van der Waals surface area contributed by atoms with Gasteiger partial charge in [-0.1, -0.05) is 0 Å². The lowest BCUT2D eigenvalue weighted by Crippen LogP contribution is -2.67. The third-order valence-electron chi connectivity index (χ3n) is 6.72. The number of fused-ring (bicyclic) bond motifs is 1. The lowest BCUT2D eigenvalue weighted by atomic mass is 9.67. The first kappa shape index (κ1) is 20.1. The molecule has 4 rings (SSSR count). The molecule has 1 aromatic heterocycles. The van der Waals surface area contributed by atoms with Crippen molar-refractivity contribution in [3.8, 4) is 5.75 Å². The summed E-state index contributed by atoms with van der Waals surface area (Å²) in [6.45, 7) is 3.39. The number of hydrogen-bond donors (Lipinski definition) is 2. The van der Waals surface area contributed by atoms with Gasteiger partial charge in [-0.2, -0.15) is 0 Å². The van der Waals surface area contributed by atoms with Crippen molar-refractivity contribution in [2.45, 2.75) is 44.2 Å². The summed E-state index contributed by atoms with van der Waals surface area (Å²) in [5, 5.41) is 13.4. The molecule has 0 unspecified atom stereocenters. The molecule has 0 saturated carbocycles. The van der Waals surface area contributed by atoms with Gasteiger partial charge in [0.05, 0.1) is 11.5 Å². The molecule has 0 bridgehead atoms. The summed E-state index contributed by atoms with van der Waals surface area (Å²) >= 11 is 0. The van der Waals surface area contributed by atoms with Gasteiger partial charge in [0.2, 0.25) is 5.91 Å². The largest absolute Gasteiger partial charge is 0.505 e. The molecular weight excluding hydrogens is 372 g/mol. The lowest BCUT2D eigenvalue weighted by Gasteiger charge is -2.53. The van der Waals surface area contributed by atoms with Crippen LogP contribution in [0.2, 0.25) is 0 Å². The molecule has 8 heteroatoms. The summed E-state index contributed by atoms with van der Waals surface area (Å²) in [7, 11) is 2.02. The minimum Gasteiger partial charge on any atom is -0.505 e. The zero-order chi connectivity index (χ0) is 20.4. The molecule has 0 radical (unpaired) electrons. The number of aromatic hydroxyl groups is 1. The Morgan fingerprint density at radius 1 is 1.28 bits per heavy atom. The molecular formula is C21H30N4O4. The Kier molecular flexibility index (Phi) is 5.74. The number of piperidine rings is 2. The van der Waals surface area contributed by atoms with Gasteiger partial charge in [0, 0.05) is 38.5 Å². The maximum absolute atomic E-state index is 13.5. The molecule has 158 valence electrons. The second-order valence-corrected chi connectivity index (χ2v) is 8.52. The van der Waals surface area contributed by atoms with E-state index in [4.69, 9.17) is 4.74 Å². The van der Waals surface area contributed by atoms with Crippen LogP contribution in [0.5, 0.6) is 5.75 Å². The van der Waals surface area contributed by atoms with E-state index in [1.165, 1.54) is 12.3 Å². The van der Waals surface area contributed by atoms with Crippen LogP contribution in [0.15, 0.2) is 18.3 Å². The monoisotopic (exact) mass is 402 g/mol. The first-order valence-electron chi connectivity index (χ1n) is 10.5. The van der Waals surface area contributed by atoms with E-state index in [2.05, 4.69) is 15.2 Å². The number of aromatic nitrogens is 1. The Hall–Kier alpha value is -2.19. The molecule has 0 aliphatic carbocycles. The highest BCUT2D eigenvalue weighted by Crippen LogP contribution is 2.43. The number of amides is 2. The number of nitrogens with one attached hydrogen (secondary N) is 1. The Balaban J connectivity index is 1.61.